The van der Waals surface area contributed by atoms with Crippen LogP contribution in [0.1, 0.15) is 6.42 Å². The van der Waals surface area contributed by atoms with Crippen molar-refractivity contribution in [3.63, 3.8) is 0 Å². The van der Waals surface area contributed by atoms with Crippen molar-refractivity contribution in [2.24, 2.45) is 5.73 Å². The van der Waals surface area contributed by atoms with E-state index in [1.165, 1.54) is 0 Å². The topological polar surface area (TPSA) is 38.0 Å². The second kappa shape index (κ2) is 9.51. The Labute approximate surface area is 50.9 Å². The van der Waals surface area contributed by atoms with Gasteiger partial charge in [0.05, 0.1) is 0 Å². The van der Waals surface area contributed by atoms with Gasteiger partial charge in [-0.1, -0.05) is 0 Å². The monoisotopic (exact) mass is 124 g/mol. The van der Waals surface area contributed by atoms with E-state index in [-0.39, 0.29) is 12.4 Å². The summed E-state index contributed by atoms with van der Waals surface area (Å²) >= 11 is 0. The van der Waals surface area contributed by atoms with Crippen LogP contribution in [-0.2, 0) is 0 Å². The van der Waals surface area contributed by atoms with Crippen LogP contribution < -0.4 is 11.1 Å². The Morgan fingerprint density at radius 1 is 1.57 bits per heavy atom. The van der Waals surface area contributed by atoms with E-state index in [2.05, 4.69) is 5.32 Å². The van der Waals surface area contributed by atoms with Crippen molar-refractivity contribution in [2.75, 3.05) is 20.1 Å². The summed E-state index contributed by atoms with van der Waals surface area (Å²) in [5.74, 6) is 0. The van der Waals surface area contributed by atoms with Crippen molar-refractivity contribution in [3.05, 3.63) is 0 Å². The van der Waals surface area contributed by atoms with Gasteiger partial charge in [-0.05, 0) is 26.6 Å². The van der Waals surface area contributed by atoms with Crippen LogP contribution in [0.25, 0.3) is 0 Å². The lowest BCUT2D eigenvalue weighted by Gasteiger charge is -1.90. The van der Waals surface area contributed by atoms with Gasteiger partial charge in [0.25, 0.3) is 0 Å². The maximum absolute atomic E-state index is 5.17. The van der Waals surface area contributed by atoms with Gasteiger partial charge in [-0.15, -0.1) is 12.4 Å². The van der Waals surface area contributed by atoms with Crippen LogP contribution in [0.2, 0.25) is 0 Å². The molecule has 0 fully saturated rings. The van der Waals surface area contributed by atoms with Crippen molar-refractivity contribution in [2.45, 2.75) is 6.42 Å². The Balaban J connectivity index is 0. The fraction of sp³-hybridized carbons (Fsp3) is 1.00. The normalized spacial score (nSPS) is 7.71. The smallest absolute Gasteiger partial charge is 0.00399 e. The molecule has 0 aliphatic carbocycles. The maximum atomic E-state index is 5.17. The van der Waals surface area contributed by atoms with E-state index in [0.717, 1.165) is 19.5 Å². The molecule has 0 aromatic carbocycles. The van der Waals surface area contributed by atoms with Crippen LogP contribution in [0.4, 0.5) is 0 Å². The fourth-order valence-corrected chi connectivity index (χ4v) is 0.279. The molecule has 0 rings (SSSR count). The molecular formula is C4H13ClN2. The van der Waals surface area contributed by atoms with Crippen molar-refractivity contribution < 1.29 is 0 Å². The summed E-state index contributed by atoms with van der Waals surface area (Å²) in [5.41, 5.74) is 5.17. The predicted octanol–water partition coefficient (Wildman–Crippen LogP) is -0.0236. The van der Waals surface area contributed by atoms with Gasteiger partial charge in [0.1, 0.15) is 0 Å². The van der Waals surface area contributed by atoms with Crippen LogP contribution in [0.5, 0.6) is 0 Å². The molecule has 3 N–H and O–H groups in total. The minimum absolute atomic E-state index is 0. The second-order valence-corrected chi connectivity index (χ2v) is 1.25. The first-order valence-corrected chi connectivity index (χ1v) is 2.26. The highest BCUT2D eigenvalue weighted by Gasteiger charge is 1.73. The molecule has 0 saturated carbocycles. The minimum Gasteiger partial charge on any atom is -0.330 e. The molecule has 0 aliphatic rings. The third-order valence-electron chi connectivity index (χ3n) is 0.631. The van der Waals surface area contributed by atoms with Gasteiger partial charge < -0.3 is 11.1 Å². The van der Waals surface area contributed by atoms with E-state index in [4.69, 9.17) is 5.73 Å². The zero-order valence-electron chi connectivity index (χ0n) is 4.61. The van der Waals surface area contributed by atoms with Crippen molar-refractivity contribution in [3.8, 4) is 0 Å². The molecular weight excluding hydrogens is 112 g/mol. The number of hydrogen-bond acceptors (Lipinski definition) is 2. The van der Waals surface area contributed by atoms with Crippen molar-refractivity contribution in [1.29, 1.82) is 0 Å². The quantitative estimate of drug-likeness (QED) is 0.519. The lowest BCUT2D eigenvalue weighted by molar-refractivity contribution is 0.733. The first kappa shape index (κ1) is 10.2. The van der Waals surface area contributed by atoms with Gasteiger partial charge in [-0.3, -0.25) is 0 Å². The largest absolute Gasteiger partial charge is 0.330 e. The van der Waals surface area contributed by atoms with Crippen LogP contribution >= 0.6 is 12.4 Å². The second-order valence-electron chi connectivity index (χ2n) is 1.25. The molecule has 0 aliphatic heterocycles. The summed E-state index contributed by atoms with van der Waals surface area (Å²) in [6, 6.07) is 0. The highest BCUT2D eigenvalue weighted by Crippen LogP contribution is 1.63. The van der Waals surface area contributed by atoms with Gasteiger partial charge in [0.15, 0.2) is 0 Å². The molecule has 0 radical (unpaired) electrons. The third-order valence-corrected chi connectivity index (χ3v) is 0.631. The molecule has 0 saturated heterocycles. The Bertz CT molecular complexity index is 21.7. The molecule has 0 spiro atoms. The lowest BCUT2D eigenvalue weighted by Crippen LogP contribution is -2.12. The molecule has 7 heavy (non-hydrogen) atoms. The number of nitrogens with one attached hydrogen (secondary N) is 1. The summed E-state index contributed by atoms with van der Waals surface area (Å²) in [4.78, 5) is 0. The Morgan fingerprint density at radius 2 is 2.14 bits per heavy atom. The van der Waals surface area contributed by atoms with E-state index in [0.29, 0.717) is 0 Å². The first-order chi connectivity index (χ1) is 2.91. The van der Waals surface area contributed by atoms with Gasteiger partial charge in [-0.25, -0.2) is 0 Å². The zero-order valence-corrected chi connectivity index (χ0v) is 5.42. The molecule has 0 amide bonds. The summed E-state index contributed by atoms with van der Waals surface area (Å²) in [7, 11) is 1.93. The molecule has 0 aromatic rings. The summed E-state index contributed by atoms with van der Waals surface area (Å²) in [5, 5.41) is 2.99. The average molecular weight is 125 g/mol. The van der Waals surface area contributed by atoms with Crippen LogP contribution in [0.15, 0.2) is 0 Å². The van der Waals surface area contributed by atoms with Crippen molar-refractivity contribution in [1.82, 2.24) is 5.32 Å². The van der Waals surface area contributed by atoms with E-state index < -0.39 is 0 Å². The highest BCUT2D eigenvalue weighted by atomic mass is 35.5. The Morgan fingerprint density at radius 3 is 2.29 bits per heavy atom. The summed E-state index contributed by atoms with van der Waals surface area (Å²) < 4.78 is 0. The van der Waals surface area contributed by atoms with Gasteiger partial charge in [0, 0.05) is 0 Å². The molecule has 2 nitrogen and oxygen atoms in total. The maximum Gasteiger partial charge on any atom is -0.00399 e. The number of hydrogen-bond donors (Lipinski definition) is 2. The van der Waals surface area contributed by atoms with Crippen molar-refractivity contribution >= 4 is 12.4 Å². The average Bonchev–Trinajstić information content (AvgIpc) is 1.61. The SMILES string of the molecule is CNCCCN.Cl. The van der Waals surface area contributed by atoms with E-state index in [9.17, 15) is 0 Å². The van der Waals surface area contributed by atoms with Crippen LogP contribution in [-0.4, -0.2) is 20.1 Å². The van der Waals surface area contributed by atoms with E-state index in [1.54, 1.807) is 0 Å². The standard InChI is InChI=1S/C4H12N2.ClH/c1-6-4-2-3-5;/h6H,2-5H2,1H3;1H. The molecule has 0 bridgehead atoms. The fourth-order valence-electron chi connectivity index (χ4n) is 0.279. The summed E-state index contributed by atoms with van der Waals surface area (Å²) in [6.45, 7) is 1.83. The number of nitrogens with two attached hydrogens (primary N) is 1. The van der Waals surface area contributed by atoms with E-state index >= 15 is 0 Å². The van der Waals surface area contributed by atoms with Gasteiger partial charge >= 0.3 is 0 Å². The van der Waals surface area contributed by atoms with Crippen LogP contribution in [0, 0.1) is 0 Å². The Hall–Kier alpha value is 0.210. The van der Waals surface area contributed by atoms with Gasteiger partial charge in [-0.2, -0.15) is 0 Å². The van der Waals surface area contributed by atoms with Crippen LogP contribution in [0.3, 0.4) is 0 Å². The molecule has 46 valence electrons. The summed E-state index contributed by atoms with van der Waals surface area (Å²) in [6.07, 6.45) is 1.08. The highest BCUT2D eigenvalue weighted by molar-refractivity contribution is 5.85. The molecule has 3 heteroatoms. The van der Waals surface area contributed by atoms with E-state index in [1.807, 2.05) is 7.05 Å². The molecule has 0 atom stereocenters. The third kappa shape index (κ3) is 10.7. The minimum atomic E-state index is 0. The Kier molecular flexibility index (Phi) is 13.9. The van der Waals surface area contributed by atoms with Gasteiger partial charge in [0.2, 0.25) is 0 Å². The zero-order chi connectivity index (χ0) is 4.83. The predicted molar refractivity (Wildman–Crippen MR) is 34.8 cm³/mol. The molecule has 0 unspecified atom stereocenters. The first-order valence-electron chi connectivity index (χ1n) is 2.26. The number of rotatable bonds is 3. The molecule has 0 aromatic heterocycles. The number of halogens is 1. The lowest BCUT2D eigenvalue weighted by atomic mass is 10.4. The molecule has 0 heterocycles.